The number of nitrogens with two attached hydrogens (primary N) is 1. The van der Waals surface area contributed by atoms with Gasteiger partial charge in [-0.15, -0.1) is 11.8 Å². The van der Waals surface area contributed by atoms with Crippen LogP contribution in [-0.4, -0.2) is 149 Å². The number of likely N-dealkylation sites (tertiary alicyclic amines) is 1. The minimum absolute atomic E-state index is 0.0316. The van der Waals surface area contributed by atoms with Crippen molar-refractivity contribution in [1.82, 2.24) is 19.8 Å². The Morgan fingerprint density at radius 1 is 0.963 bits per heavy atom. The topological polar surface area (TPSA) is 432 Å². The van der Waals surface area contributed by atoms with Crippen LogP contribution in [0.4, 0.5) is 17.2 Å². The first-order chi connectivity index (χ1) is 37.9. The zero-order chi connectivity index (χ0) is 60.7. The molecule has 1 aromatic heterocycles. The van der Waals surface area contributed by atoms with Crippen LogP contribution in [0.2, 0.25) is 0 Å². The Morgan fingerprint density at radius 2 is 1.62 bits per heavy atom. The van der Waals surface area contributed by atoms with Crippen molar-refractivity contribution in [1.29, 1.82) is 0 Å². The van der Waals surface area contributed by atoms with Gasteiger partial charge in [-0.25, -0.2) is 18.5 Å². The van der Waals surface area contributed by atoms with Crippen LogP contribution in [0.5, 0.6) is 0 Å². The molecule has 35 heteroatoms. The van der Waals surface area contributed by atoms with E-state index in [9.17, 15) is 73.7 Å². The second-order valence-electron chi connectivity index (χ2n) is 19.9. The molecular weight excluding hydrogens is 1200 g/mol. The number of aliphatic hydroxyl groups is 1. The van der Waals surface area contributed by atoms with Crippen LogP contribution in [0.3, 0.4) is 0 Å². The number of hydrogen-bond acceptors (Lipinski definition) is 20. The van der Waals surface area contributed by atoms with E-state index in [2.05, 4.69) is 35.3 Å². The highest BCUT2D eigenvalue weighted by molar-refractivity contribution is 8.00. The number of rotatable bonds is 22. The molecule has 82 heavy (non-hydrogen) atoms. The average Bonchev–Trinajstić information content (AvgIpc) is 3.43. The van der Waals surface area contributed by atoms with Crippen LogP contribution in [-0.2, 0) is 77.0 Å². The summed E-state index contributed by atoms with van der Waals surface area (Å²) in [5, 5.41) is 12.3. The van der Waals surface area contributed by atoms with Crippen molar-refractivity contribution in [3.05, 3.63) is 93.7 Å². The van der Waals surface area contributed by atoms with Crippen molar-refractivity contribution in [2.75, 3.05) is 49.2 Å². The molecule has 0 spiro atoms. The Hall–Kier alpha value is -5.26. The number of allylic oxidation sites excluding steroid dienone is 4. The SMILES string of the molecule is CCN1/C(=C\C=C\C2=[N+](CCCSC3CC(=O)N(CCC(=O)NCC#Cc4cn([C@H]5C[C@H](O)[C@@H](COP(=O)(O)OP(=O)(O)OP(=O)(O)O)O5)c(=O)nc4N)C3=O)c3ccc(S(=O)(=O)O)cc3C2(C)C)C(C)(C)c2cc(S(=O)(=O)O)ccc21. The Morgan fingerprint density at radius 3 is 2.27 bits per heavy atom. The molecule has 6 atom stereocenters. The number of carbonyl (C=O) groups is 3. The molecule has 10 N–H and O–H groups in total. The lowest BCUT2D eigenvalue weighted by atomic mass is 9.81. The summed E-state index contributed by atoms with van der Waals surface area (Å²) in [6, 6.07) is 8.85. The van der Waals surface area contributed by atoms with Crippen molar-refractivity contribution in [3.8, 4) is 11.8 Å². The number of hydrogen-bond donors (Lipinski definition) is 9. The zero-order valence-electron chi connectivity index (χ0n) is 44.3. The van der Waals surface area contributed by atoms with Crippen molar-refractivity contribution in [2.45, 2.75) is 105 Å². The van der Waals surface area contributed by atoms with Gasteiger partial charge in [0.15, 0.2) is 5.71 Å². The molecule has 0 saturated carbocycles. The van der Waals surface area contributed by atoms with Crippen LogP contribution in [0.1, 0.15) is 83.2 Å². The number of likely N-dealkylation sites (N-methyl/N-ethyl adjacent to an activating group) is 1. The molecule has 0 aliphatic carbocycles. The van der Waals surface area contributed by atoms with Gasteiger partial charge >= 0.3 is 29.2 Å². The largest absolute Gasteiger partial charge is 0.490 e. The van der Waals surface area contributed by atoms with E-state index in [1.807, 2.05) is 62.3 Å². The molecule has 3 amide bonds. The quantitative estimate of drug-likeness (QED) is 0.0174. The molecule has 2 saturated heterocycles. The molecule has 3 unspecified atom stereocenters. The molecule has 0 radical (unpaired) electrons. The third kappa shape index (κ3) is 14.8. The molecule has 5 heterocycles. The maximum Gasteiger partial charge on any atom is 0.490 e. The first-order valence-electron chi connectivity index (χ1n) is 24.7. The van der Waals surface area contributed by atoms with Gasteiger partial charge in [0.05, 0.1) is 45.3 Å². The highest BCUT2D eigenvalue weighted by atomic mass is 32.2. The van der Waals surface area contributed by atoms with Gasteiger partial charge in [-0.05, 0) is 62.7 Å². The summed E-state index contributed by atoms with van der Waals surface area (Å²) in [6.07, 6.45) is 2.38. The summed E-state index contributed by atoms with van der Waals surface area (Å²) in [4.78, 5) is 94.8. The van der Waals surface area contributed by atoms with E-state index in [-0.39, 0.29) is 53.5 Å². The smallest absolute Gasteiger partial charge is 0.390 e. The number of nitrogens with one attached hydrogen (secondary N) is 1. The highest BCUT2D eigenvalue weighted by Crippen LogP contribution is 2.66. The van der Waals surface area contributed by atoms with Crippen LogP contribution < -0.4 is 21.6 Å². The van der Waals surface area contributed by atoms with E-state index in [4.69, 9.17) is 20.3 Å². The van der Waals surface area contributed by atoms with Crippen molar-refractivity contribution in [3.63, 3.8) is 0 Å². The van der Waals surface area contributed by atoms with Gasteiger partial charge in [0.1, 0.15) is 24.7 Å². The minimum atomic E-state index is -5.82. The third-order valence-corrected chi connectivity index (χ3v) is 20.5. The fourth-order valence-electron chi connectivity index (χ4n) is 9.78. The van der Waals surface area contributed by atoms with Crippen LogP contribution in [0.15, 0.2) is 81.1 Å². The summed E-state index contributed by atoms with van der Waals surface area (Å²) >= 11 is 1.28. The lowest BCUT2D eigenvalue weighted by Crippen LogP contribution is -2.35. The number of phosphoric ester groups is 1. The molecule has 7 rings (SSSR count). The van der Waals surface area contributed by atoms with E-state index in [1.165, 1.54) is 36.0 Å². The highest BCUT2D eigenvalue weighted by Gasteiger charge is 2.47. The number of anilines is 2. The number of nitrogen functional groups attached to an aromatic ring is 1. The molecule has 3 aromatic rings. The first-order valence-corrected chi connectivity index (χ1v) is 33.2. The Kier molecular flexibility index (Phi) is 19.1. The number of nitrogens with zero attached hydrogens (tertiary/aromatic N) is 5. The van der Waals surface area contributed by atoms with Crippen molar-refractivity contribution >= 4 is 96.1 Å². The van der Waals surface area contributed by atoms with Crippen molar-refractivity contribution < 1.29 is 101 Å². The lowest BCUT2D eigenvalue weighted by Gasteiger charge is -2.25. The first kappa shape index (κ1) is 64.3. The summed E-state index contributed by atoms with van der Waals surface area (Å²) in [5.74, 6) is 3.87. The Balaban J connectivity index is 0.933. The van der Waals surface area contributed by atoms with E-state index < -0.39 is 108 Å². The minimum Gasteiger partial charge on any atom is -0.390 e. The zero-order valence-corrected chi connectivity index (χ0v) is 49.4. The second-order valence-corrected chi connectivity index (χ2v) is 28.5. The van der Waals surface area contributed by atoms with E-state index in [0.29, 0.717) is 42.1 Å². The average molecular weight is 1260 g/mol. The van der Waals surface area contributed by atoms with Crippen molar-refractivity contribution in [2.24, 2.45) is 0 Å². The molecule has 446 valence electrons. The predicted molar refractivity (Wildman–Crippen MR) is 293 cm³/mol. The molecular formula is C47H59N7O22P3S3+. The maximum absolute atomic E-state index is 13.5. The van der Waals surface area contributed by atoms with Gasteiger partial charge in [-0.1, -0.05) is 31.8 Å². The van der Waals surface area contributed by atoms with E-state index in [1.54, 1.807) is 12.1 Å². The monoisotopic (exact) mass is 1260 g/mol. The molecule has 2 fully saturated rings. The van der Waals surface area contributed by atoms with Gasteiger partial charge in [0.2, 0.25) is 23.4 Å². The summed E-state index contributed by atoms with van der Waals surface area (Å²) in [7, 11) is -26.0. The summed E-state index contributed by atoms with van der Waals surface area (Å²) < 4.78 is 123. The van der Waals surface area contributed by atoms with Gasteiger partial charge in [0, 0.05) is 85.2 Å². The van der Waals surface area contributed by atoms with Crippen LogP contribution in [0.25, 0.3) is 0 Å². The number of phosphoric acid groups is 3. The third-order valence-electron chi connectivity index (χ3n) is 13.7. The van der Waals surface area contributed by atoms with Gasteiger partial charge in [0.25, 0.3) is 20.2 Å². The number of aromatic nitrogens is 2. The molecule has 2 aromatic carbocycles. The van der Waals surface area contributed by atoms with E-state index in [0.717, 1.165) is 32.8 Å². The number of amides is 3. The normalized spacial score (nSPS) is 22.6. The standard InChI is InChI=1S/C47H58N7O22P3S3/c1-6-51-33-15-13-29(81(67,68)69)22-31(33)46(2,3)38(51)11-7-12-39-47(4,5)32-23-30(82(70,71)72)14-16-34(32)52(39)19-9-21-80-37-25-41(57)53(44(37)58)20-17-40(56)49-18-8-10-28-26-54(45(59)50-43(28)48)42-24-35(55)36(74-42)27-73-78(63,64)76-79(65,66)75-77(60,61)62/h7,11-16,22-23,26,35-37,42,55H,6,9,17-21,24-25,27H2,1-5H3,(H8-,48,49,50,56,59,60,61,62,63,64,65,66,67,68,69,70,71,72)/p+1/t35-,36+,37?,42+/m0/s1. The number of ether oxygens (including phenoxy) is 1. The molecule has 0 bridgehead atoms. The maximum atomic E-state index is 13.5. The number of benzene rings is 2. The second kappa shape index (κ2) is 24.4. The summed E-state index contributed by atoms with van der Waals surface area (Å²) in [6.45, 7) is 9.15. The molecule has 29 nitrogen and oxygen atoms in total. The van der Waals surface area contributed by atoms with Crippen LogP contribution >= 0.6 is 35.2 Å². The number of aliphatic hydroxyl groups excluding tert-OH is 1. The number of thioether (sulfide) groups is 1. The Labute approximate surface area is 474 Å². The van der Waals surface area contributed by atoms with Crippen LogP contribution in [0, 0.1) is 11.8 Å². The van der Waals surface area contributed by atoms with Gasteiger partial charge < -0.3 is 45.4 Å². The fourth-order valence-corrected chi connectivity index (χ4v) is 14.9. The fraction of sp³-hybridized carbons (Fsp3) is 0.447. The number of imide groups is 1. The molecule has 4 aliphatic heterocycles. The lowest BCUT2D eigenvalue weighted by molar-refractivity contribution is -0.437. The van der Waals surface area contributed by atoms with E-state index >= 15 is 0 Å². The Bertz CT molecular complexity index is 3700. The predicted octanol–water partition coefficient (Wildman–Crippen LogP) is 2.75. The molecule has 4 aliphatic rings. The summed E-state index contributed by atoms with van der Waals surface area (Å²) in [5.41, 5.74) is 7.90. The van der Waals surface area contributed by atoms with Gasteiger partial charge in [-0.3, -0.25) is 37.5 Å². The number of fused-ring (bicyclic) bond motifs is 2. The van der Waals surface area contributed by atoms with Gasteiger partial charge in [-0.2, -0.15) is 35.0 Å². The number of carbonyl (C=O) groups excluding carboxylic acids is 3.